The first-order chi connectivity index (χ1) is 8.36. The first kappa shape index (κ1) is 10.9. The van der Waals surface area contributed by atoms with Crippen LogP contribution in [-0.4, -0.2) is 26.5 Å². The lowest BCUT2D eigenvalue weighted by molar-refractivity contribution is 0.198. The van der Waals surface area contributed by atoms with Crippen LogP contribution in [0.4, 0.5) is 0 Å². The fourth-order valence-corrected chi connectivity index (χ4v) is 3.01. The molecule has 1 aliphatic rings. The molecule has 1 unspecified atom stereocenters. The zero-order chi connectivity index (χ0) is 11.7. The average Bonchev–Trinajstić information content (AvgIpc) is 2.99. The lowest BCUT2D eigenvalue weighted by Gasteiger charge is -2.21. The number of aliphatic hydroxyl groups is 1. The Morgan fingerprint density at radius 3 is 3.18 bits per heavy atom. The summed E-state index contributed by atoms with van der Waals surface area (Å²) in [7, 11) is 0. The van der Waals surface area contributed by atoms with E-state index in [0.29, 0.717) is 5.92 Å². The maximum absolute atomic E-state index is 9.18. The second kappa shape index (κ2) is 4.58. The number of thiophene rings is 1. The minimum Gasteiger partial charge on any atom is -0.396 e. The van der Waals surface area contributed by atoms with E-state index >= 15 is 0 Å². The van der Waals surface area contributed by atoms with Gasteiger partial charge in [-0.15, -0.1) is 21.5 Å². The Balaban J connectivity index is 1.82. The van der Waals surface area contributed by atoms with Gasteiger partial charge in [0.2, 0.25) is 0 Å². The fourth-order valence-electron chi connectivity index (χ4n) is 2.31. The van der Waals surface area contributed by atoms with Crippen LogP contribution in [-0.2, 0) is 19.4 Å². The number of nitrogens with zero attached hydrogens (tertiary/aromatic N) is 3. The number of aromatic nitrogens is 3. The second-order valence-corrected chi connectivity index (χ2v) is 5.51. The van der Waals surface area contributed by atoms with E-state index in [4.69, 9.17) is 0 Å². The molecule has 0 bridgehead atoms. The Kier molecular flexibility index (Phi) is 2.94. The molecular formula is C12H15N3OS. The molecule has 5 heteroatoms. The molecule has 0 aromatic carbocycles. The first-order valence-corrected chi connectivity index (χ1v) is 6.79. The van der Waals surface area contributed by atoms with E-state index in [-0.39, 0.29) is 6.61 Å². The van der Waals surface area contributed by atoms with Gasteiger partial charge in [0.25, 0.3) is 0 Å². The molecule has 0 aliphatic carbocycles. The molecule has 0 saturated heterocycles. The van der Waals surface area contributed by atoms with Crippen LogP contribution < -0.4 is 0 Å². The Bertz CT molecular complexity index is 492. The van der Waals surface area contributed by atoms with Crippen LogP contribution in [0, 0.1) is 5.92 Å². The molecule has 1 N–H and O–H groups in total. The van der Waals surface area contributed by atoms with Gasteiger partial charge in [-0.05, 0) is 23.8 Å². The maximum atomic E-state index is 9.18. The highest BCUT2D eigenvalue weighted by Gasteiger charge is 2.22. The van der Waals surface area contributed by atoms with Crippen molar-refractivity contribution in [2.45, 2.75) is 25.8 Å². The van der Waals surface area contributed by atoms with E-state index < -0.39 is 0 Å². The van der Waals surface area contributed by atoms with E-state index in [1.165, 1.54) is 4.88 Å². The Morgan fingerprint density at radius 1 is 1.47 bits per heavy atom. The van der Waals surface area contributed by atoms with Crippen LogP contribution in [0.15, 0.2) is 17.5 Å². The number of fused-ring (bicyclic) bond motifs is 1. The summed E-state index contributed by atoms with van der Waals surface area (Å²) in [6.07, 6.45) is 2.75. The largest absolute Gasteiger partial charge is 0.396 e. The van der Waals surface area contributed by atoms with Crippen molar-refractivity contribution in [1.29, 1.82) is 0 Å². The Hall–Kier alpha value is -1.20. The van der Waals surface area contributed by atoms with E-state index in [1.807, 2.05) is 0 Å². The molecule has 0 spiro atoms. The van der Waals surface area contributed by atoms with Gasteiger partial charge in [-0.2, -0.15) is 0 Å². The number of rotatable bonds is 3. The molecule has 17 heavy (non-hydrogen) atoms. The van der Waals surface area contributed by atoms with Crippen LogP contribution in [0.1, 0.15) is 22.9 Å². The summed E-state index contributed by atoms with van der Waals surface area (Å²) in [5, 5.41) is 19.8. The van der Waals surface area contributed by atoms with Gasteiger partial charge in [0.1, 0.15) is 11.6 Å². The van der Waals surface area contributed by atoms with Crippen LogP contribution in [0.3, 0.4) is 0 Å². The predicted octanol–water partition coefficient (Wildman–Crippen LogP) is 1.49. The summed E-state index contributed by atoms with van der Waals surface area (Å²) in [5.41, 5.74) is 0. The van der Waals surface area contributed by atoms with Gasteiger partial charge in [-0.1, -0.05) is 6.07 Å². The fraction of sp³-hybridized carbons (Fsp3) is 0.500. The van der Waals surface area contributed by atoms with Gasteiger partial charge < -0.3 is 9.67 Å². The summed E-state index contributed by atoms with van der Waals surface area (Å²) in [5.74, 6) is 2.45. The Morgan fingerprint density at radius 2 is 2.41 bits per heavy atom. The quantitative estimate of drug-likeness (QED) is 0.896. The smallest absolute Gasteiger partial charge is 0.138 e. The molecule has 2 aromatic rings. The maximum Gasteiger partial charge on any atom is 0.138 e. The summed E-state index contributed by atoms with van der Waals surface area (Å²) < 4.78 is 2.21. The van der Waals surface area contributed by atoms with Crippen molar-refractivity contribution in [2.24, 2.45) is 5.92 Å². The molecule has 90 valence electrons. The molecule has 3 heterocycles. The van der Waals surface area contributed by atoms with E-state index in [9.17, 15) is 5.11 Å². The van der Waals surface area contributed by atoms with Crippen molar-refractivity contribution in [2.75, 3.05) is 6.61 Å². The summed E-state index contributed by atoms with van der Waals surface area (Å²) in [6, 6.07) is 4.20. The van der Waals surface area contributed by atoms with Crippen molar-refractivity contribution in [3.63, 3.8) is 0 Å². The normalized spacial score (nSPS) is 19.2. The highest BCUT2D eigenvalue weighted by Crippen LogP contribution is 2.22. The number of aliphatic hydroxyl groups excluding tert-OH is 1. The van der Waals surface area contributed by atoms with Gasteiger partial charge in [-0.25, -0.2) is 0 Å². The molecule has 0 radical (unpaired) electrons. The van der Waals surface area contributed by atoms with Crippen LogP contribution in [0.25, 0.3) is 0 Å². The van der Waals surface area contributed by atoms with Crippen molar-refractivity contribution in [3.8, 4) is 0 Å². The standard InChI is InChI=1S/C12H15N3OS/c16-8-9-3-4-15-11(6-9)13-14-12(15)7-10-2-1-5-17-10/h1-2,5,9,16H,3-4,6-8H2. The highest BCUT2D eigenvalue weighted by atomic mass is 32.1. The molecule has 1 atom stereocenters. The lowest BCUT2D eigenvalue weighted by Crippen LogP contribution is -2.23. The zero-order valence-corrected chi connectivity index (χ0v) is 10.4. The summed E-state index contributed by atoms with van der Waals surface area (Å²) in [4.78, 5) is 1.32. The third kappa shape index (κ3) is 2.12. The van der Waals surface area contributed by atoms with E-state index in [2.05, 4.69) is 32.3 Å². The molecule has 0 fully saturated rings. The van der Waals surface area contributed by atoms with E-state index in [0.717, 1.165) is 37.5 Å². The van der Waals surface area contributed by atoms with Gasteiger partial charge >= 0.3 is 0 Å². The van der Waals surface area contributed by atoms with Crippen molar-refractivity contribution in [3.05, 3.63) is 34.0 Å². The molecular weight excluding hydrogens is 234 g/mol. The minimum atomic E-state index is 0.257. The van der Waals surface area contributed by atoms with Gasteiger partial charge in [-0.3, -0.25) is 0 Å². The third-order valence-corrected chi connectivity index (χ3v) is 4.18. The molecule has 0 amide bonds. The minimum absolute atomic E-state index is 0.257. The van der Waals surface area contributed by atoms with Crippen molar-refractivity contribution in [1.82, 2.24) is 14.8 Å². The highest BCUT2D eigenvalue weighted by molar-refractivity contribution is 7.09. The van der Waals surface area contributed by atoms with Crippen LogP contribution in [0.2, 0.25) is 0 Å². The molecule has 1 aliphatic heterocycles. The third-order valence-electron chi connectivity index (χ3n) is 3.31. The van der Waals surface area contributed by atoms with Crippen LogP contribution >= 0.6 is 11.3 Å². The Labute approximate surface area is 104 Å². The monoisotopic (exact) mass is 249 g/mol. The molecule has 3 rings (SSSR count). The molecule has 2 aromatic heterocycles. The van der Waals surface area contributed by atoms with E-state index in [1.54, 1.807) is 11.3 Å². The molecule has 4 nitrogen and oxygen atoms in total. The summed E-state index contributed by atoms with van der Waals surface area (Å²) >= 11 is 1.76. The second-order valence-electron chi connectivity index (χ2n) is 4.48. The topological polar surface area (TPSA) is 50.9 Å². The first-order valence-electron chi connectivity index (χ1n) is 5.91. The molecule has 0 saturated carbocycles. The number of hydrogen-bond donors (Lipinski definition) is 1. The average molecular weight is 249 g/mol. The number of hydrogen-bond acceptors (Lipinski definition) is 4. The van der Waals surface area contributed by atoms with Gasteiger partial charge in [0.15, 0.2) is 0 Å². The predicted molar refractivity (Wildman–Crippen MR) is 66.0 cm³/mol. The van der Waals surface area contributed by atoms with Gasteiger partial charge in [0.05, 0.1) is 0 Å². The summed E-state index contributed by atoms with van der Waals surface area (Å²) in [6.45, 7) is 1.20. The van der Waals surface area contributed by atoms with Gasteiger partial charge in [0, 0.05) is 30.9 Å². The van der Waals surface area contributed by atoms with Crippen molar-refractivity contribution >= 4 is 11.3 Å². The SMILES string of the molecule is OCC1CCn2c(Cc3cccs3)nnc2C1. The van der Waals surface area contributed by atoms with Crippen LogP contribution in [0.5, 0.6) is 0 Å². The van der Waals surface area contributed by atoms with Crippen molar-refractivity contribution < 1.29 is 5.11 Å². The zero-order valence-electron chi connectivity index (χ0n) is 9.54. The lowest BCUT2D eigenvalue weighted by atomic mass is 9.99.